The van der Waals surface area contributed by atoms with E-state index in [-0.39, 0.29) is 12.0 Å². The third-order valence-corrected chi connectivity index (χ3v) is 15.8. The molecule has 0 spiro atoms. The minimum atomic E-state index is -0.231. The van der Waals surface area contributed by atoms with Gasteiger partial charge in [-0.3, -0.25) is 4.99 Å². The molecule has 0 amide bonds. The third kappa shape index (κ3) is 6.85. The van der Waals surface area contributed by atoms with E-state index in [9.17, 15) is 0 Å². The molecule has 0 saturated heterocycles. The van der Waals surface area contributed by atoms with Crippen LogP contribution in [0.15, 0.2) is 234 Å². The zero-order valence-electron chi connectivity index (χ0n) is 39.2. The van der Waals surface area contributed by atoms with E-state index in [1.54, 1.807) is 0 Å². The summed E-state index contributed by atoms with van der Waals surface area (Å²) in [7, 11) is 0. The molecule has 13 rings (SSSR count). The van der Waals surface area contributed by atoms with Crippen LogP contribution in [0.1, 0.15) is 54.9 Å². The lowest BCUT2D eigenvalue weighted by Gasteiger charge is -2.24. The van der Waals surface area contributed by atoms with Gasteiger partial charge in [-0.05, 0) is 116 Å². The molecule has 10 aromatic carbocycles. The van der Waals surface area contributed by atoms with Gasteiger partial charge in [0.2, 0.25) is 0 Å². The monoisotopic (exact) mass is 915 g/mol. The molecule has 12 aromatic rings. The highest BCUT2D eigenvalue weighted by atomic mass is 32.1. The quantitative estimate of drug-likeness (QED) is 0.0785. The second-order valence-corrected chi connectivity index (χ2v) is 19.8. The zero-order valence-corrected chi connectivity index (χ0v) is 40.0. The summed E-state index contributed by atoms with van der Waals surface area (Å²) in [5, 5.41) is 9.78. The number of aliphatic imine (C=N–C) groups is 2. The van der Waals surface area contributed by atoms with Crippen LogP contribution in [-0.4, -0.2) is 22.2 Å². The van der Waals surface area contributed by atoms with Crippen molar-refractivity contribution in [1.29, 1.82) is 0 Å². The van der Waals surface area contributed by atoms with Crippen molar-refractivity contribution in [3.05, 3.63) is 247 Å². The summed E-state index contributed by atoms with van der Waals surface area (Å²) >= 11 is 1.87. The van der Waals surface area contributed by atoms with Crippen LogP contribution < -0.4 is 0 Å². The van der Waals surface area contributed by atoms with Crippen LogP contribution in [0.2, 0.25) is 0 Å². The third-order valence-electron chi connectivity index (χ3n) is 14.6. The molecule has 0 aliphatic heterocycles. The first kappa shape index (κ1) is 42.0. The van der Waals surface area contributed by atoms with Crippen molar-refractivity contribution in [3.63, 3.8) is 0 Å². The van der Waals surface area contributed by atoms with Crippen molar-refractivity contribution in [2.45, 2.75) is 38.6 Å². The number of amidine groups is 1. The normalized spacial score (nSPS) is 13.5. The Morgan fingerprint density at radius 2 is 1.23 bits per heavy atom. The summed E-state index contributed by atoms with van der Waals surface area (Å²) < 4.78 is 5.03. The summed E-state index contributed by atoms with van der Waals surface area (Å²) in [6, 6.07) is 77.3. The maximum Gasteiger partial charge on any atom is 0.157 e. The molecule has 334 valence electrons. The number of fused-ring (bicyclic) bond motifs is 12. The van der Waals surface area contributed by atoms with Crippen LogP contribution in [0.3, 0.4) is 0 Å². The first-order chi connectivity index (χ1) is 34.5. The summed E-state index contributed by atoms with van der Waals surface area (Å²) in [5.41, 5.74) is 14.9. The van der Waals surface area contributed by atoms with Crippen molar-refractivity contribution >= 4 is 86.4 Å². The summed E-state index contributed by atoms with van der Waals surface area (Å²) in [4.78, 5) is 11.8. The molecule has 0 bridgehead atoms. The molecule has 0 radical (unpaired) electrons. The van der Waals surface area contributed by atoms with E-state index >= 15 is 0 Å². The molecule has 0 saturated carbocycles. The second kappa shape index (κ2) is 17.1. The summed E-state index contributed by atoms with van der Waals surface area (Å²) in [6.45, 7) is 9.42. The number of para-hydroxylation sites is 1. The number of rotatable bonds is 9. The minimum Gasteiger partial charge on any atom is -0.308 e. The van der Waals surface area contributed by atoms with Crippen LogP contribution in [0.5, 0.6) is 0 Å². The van der Waals surface area contributed by atoms with Gasteiger partial charge in [0.15, 0.2) is 5.84 Å². The Balaban J connectivity index is 1.12. The van der Waals surface area contributed by atoms with Crippen LogP contribution in [0.25, 0.3) is 91.5 Å². The van der Waals surface area contributed by atoms with Gasteiger partial charge in [0, 0.05) is 48.1 Å². The fourth-order valence-electron chi connectivity index (χ4n) is 11.3. The molecule has 2 aromatic heterocycles. The van der Waals surface area contributed by atoms with E-state index in [1.807, 2.05) is 11.3 Å². The average Bonchev–Trinajstić information content (AvgIpc) is 4.07. The Morgan fingerprint density at radius 1 is 0.571 bits per heavy atom. The minimum absolute atomic E-state index is 0.00301. The number of thiophene rings is 1. The highest BCUT2D eigenvalue weighted by molar-refractivity contribution is 7.26. The Kier molecular flexibility index (Phi) is 10.3. The van der Waals surface area contributed by atoms with Crippen molar-refractivity contribution in [2.75, 3.05) is 0 Å². The first-order valence-corrected chi connectivity index (χ1v) is 25.3. The predicted octanol–water partition coefficient (Wildman–Crippen LogP) is 17.9. The summed E-state index contributed by atoms with van der Waals surface area (Å²) in [6.07, 6.45) is 1.76. The molecule has 1 unspecified atom stereocenters. The maximum absolute atomic E-state index is 5.99. The molecule has 2 heterocycles. The van der Waals surface area contributed by atoms with Crippen LogP contribution in [-0.2, 0) is 0 Å². The van der Waals surface area contributed by atoms with Gasteiger partial charge in [0.05, 0.1) is 22.8 Å². The second-order valence-electron chi connectivity index (χ2n) is 18.8. The molecule has 4 heteroatoms. The number of hydrogen-bond acceptors (Lipinski definition) is 2. The van der Waals surface area contributed by atoms with Gasteiger partial charge in [0.1, 0.15) is 0 Å². The standard InChI is InChI=1S/C66H49N3S/c1-4-19-58(41(2)62-53-31-14-12-28-50(53)51-29-13-15-32-54(51)62)68-66(67-42(3)45-25-18-26-46(38-45)43-20-6-5-7-21-43)56-36-37-61-63(55-35-34-44-22-10-11-27-49(44)65(55)70-61)64(56)69-59-33-17-16-30-52(59)57-39-47-23-8-9-24-48(47)40-60(57)69/h5-18,20-40,58,62H,2,4,19H2,1,3H3/b67-42+,68-66-. The van der Waals surface area contributed by atoms with E-state index in [4.69, 9.17) is 16.6 Å². The predicted molar refractivity (Wildman–Crippen MR) is 301 cm³/mol. The number of benzene rings is 10. The largest absolute Gasteiger partial charge is 0.308 e. The summed E-state index contributed by atoms with van der Waals surface area (Å²) in [5.74, 6) is 0.703. The SMILES string of the molecule is C=C(C(CCC)/N=C(\N=C(/C)c1cccc(-c2ccccc2)c1)c1ccc2sc3c4ccccc4ccc3c2c1-n1c2ccccc2c2cc3ccccc3cc21)C1c2ccccc2-c2ccccc21. The molecule has 0 fully saturated rings. The first-order valence-electron chi connectivity index (χ1n) is 24.5. The molecule has 0 N–H and O–H groups in total. The Labute approximate surface area is 412 Å². The van der Waals surface area contributed by atoms with E-state index in [1.165, 1.54) is 80.3 Å². The fraction of sp³-hybridized carbons (Fsp3) is 0.0909. The van der Waals surface area contributed by atoms with Crippen LogP contribution >= 0.6 is 11.3 Å². The number of hydrogen-bond donors (Lipinski definition) is 0. The van der Waals surface area contributed by atoms with Crippen molar-refractivity contribution in [2.24, 2.45) is 9.98 Å². The lowest BCUT2D eigenvalue weighted by atomic mass is 9.84. The van der Waals surface area contributed by atoms with E-state index in [2.05, 4.69) is 231 Å². The van der Waals surface area contributed by atoms with E-state index in [0.717, 1.165) is 57.5 Å². The Bertz CT molecular complexity index is 4080. The maximum atomic E-state index is 5.99. The van der Waals surface area contributed by atoms with Gasteiger partial charge in [0.25, 0.3) is 0 Å². The topological polar surface area (TPSA) is 29.6 Å². The lowest BCUT2D eigenvalue weighted by Crippen LogP contribution is -2.18. The van der Waals surface area contributed by atoms with Gasteiger partial charge in [-0.2, -0.15) is 0 Å². The van der Waals surface area contributed by atoms with Gasteiger partial charge in [-0.25, -0.2) is 4.99 Å². The van der Waals surface area contributed by atoms with Gasteiger partial charge in [-0.15, -0.1) is 11.3 Å². The van der Waals surface area contributed by atoms with Gasteiger partial charge in [-0.1, -0.05) is 196 Å². The average molecular weight is 916 g/mol. The zero-order chi connectivity index (χ0) is 46.9. The molecule has 1 atom stereocenters. The van der Waals surface area contributed by atoms with Crippen LogP contribution in [0, 0.1) is 0 Å². The van der Waals surface area contributed by atoms with Gasteiger partial charge >= 0.3 is 0 Å². The molecular weight excluding hydrogens is 867 g/mol. The van der Waals surface area contributed by atoms with Crippen molar-refractivity contribution in [1.82, 2.24) is 4.57 Å². The molecule has 70 heavy (non-hydrogen) atoms. The lowest BCUT2D eigenvalue weighted by molar-refractivity contribution is 0.648. The molecular formula is C66H49N3S. The Hall–Kier alpha value is -8.18. The highest BCUT2D eigenvalue weighted by Gasteiger charge is 2.33. The highest BCUT2D eigenvalue weighted by Crippen LogP contribution is 2.50. The van der Waals surface area contributed by atoms with Crippen molar-refractivity contribution in [3.8, 4) is 27.9 Å². The molecule has 1 aliphatic carbocycles. The van der Waals surface area contributed by atoms with Crippen molar-refractivity contribution < 1.29 is 0 Å². The van der Waals surface area contributed by atoms with E-state index in [0.29, 0.717) is 5.84 Å². The fourth-order valence-corrected chi connectivity index (χ4v) is 12.6. The Morgan fingerprint density at radius 3 is 2.00 bits per heavy atom. The molecule has 3 nitrogen and oxygen atoms in total. The molecule has 1 aliphatic rings. The smallest absolute Gasteiger partial charge is 0.157 e. The van der Waals surface area contributed by atoms with Gasteiger partial charge < -0.3 is 4.57 Å². The van der Waals surface area contributed by atoms with E-state index < -0.39 is 0 Å². The van der Waals surface area contributed by atoms with Crippen LogP contribution in [0.4, 0.5) is 0 Å². The number of nitrogens with zero attached hydrogens (tertiary/aromatic N) is 3. The number of aromatic nitrogens is 1.